The number of amides is 1. The number of aliphatic imine (C=N–C) groups is 1. The van der Waals surface area contributed by atoms with Gasteiger partial charge in [0.15, 0.2) is 5.76 Å². The number of carbonyl (C=O) groups is 1. The molecule has 0 saturated heterocycles. The van der Waals surface area contributed by atoms with E-state index < -0.39 is 0 Å². The molecule has 0 spiro atoms. The van der Waals surface area contributed by atoms with Gasteiger partial charge in [0, 0.05) is 18.0 Å². The minimum atomic E-state index is -0.104. The first kappa shape index (κ1) is 13.6. The van der Waals surface area contributed by atoms with E-state index in [2.05, 4.69) is 4.99 Å². The summed E-state index contributed by atoms with van der Waals surface area (Å²) in [5.41, 5.74) is 2.70. The fourth-order valence-electron chi connectivity index (χ4n) is 2.85. The summed E-state index contributed by atoms with van der Waals surface area (Å²) in [6, 6.07) is 14.4. The van der Waals surface area contributed by atoms with E-state index in [0.29, 0.717) is 28.3 Å². The number of aromatic hydroxyl groups is 1. The van der Waals surface area contributed by atoms with Crippen molar-refractivity contribution in [2.24, 2.45) is 4.99 Å². The third kappa shape index (κ3) is 2.09. The van der Waals surface area contributed by atoms with Gasteiger partial charge in [-0.15, -0.1) is 0 Å². The van der Waals surface area contributed by atoms with Gasteiger partial charge in [-0.1, -0.05) is 24.3 Å². The molecule has 0 aliphatic carbocycles. The molecule has 2 aromatic carbocycles. The molecule has 4 rings (SSSR count). The lowest BCUT2D eigenvalue weighted by atomic mass is 10.0. The monoisotopic (exact) mass is 305 g/mol. The number of likely N-dealkylation sites (N-methyl/N-ethyl adjacent to an activating group) is 1. The molecule has 5 heteroatoms. The fraction of sp³-hybridized carbons (Fsp3) is 0.111. The fourth-order valence-corrected chi connectivity index (χ4v) is 2.85. The van der Waals surface area contributed by atoms with Crippen molar-refractivity contribution in [3.63, 3.8) is 0 Å². The Bertz CT molecular complexity index is 956. The standard InChI is InChI=1S/C18H14N2O3/c1-20-15(22)10-19-16(11-5-4-6-12(21)9-11)18-17(20)13-7-2-3-8-14(13)23-18/h2-9,21H,10H2,1H3/i1-1. The first-order valence-electron chi connectivity index (χ1n) is 7.27. The molecule has 114 valence electrons. The first-order valence-corrected chi connectivity index (χ1v) is 7.27. The van der Waals surface area contributed by atoms with E-state index in [1.165, 1.54) is 0 Å². The van der Waals surface area contributed by atoms with E-state index in [-0.39, 0.29) is 18.2 Å². The molecular weight excluding hydrogens is 291 g/mol. The minimum Gasteiger partial charge on any atom is -0.508 e. The van der Waals surface area contributed by atoms with Crippen LogP contribution in [0, 0.1) is 0 Å². The van der Waals surface area contributed by atoms with Crippen LogP contribution in [0.15, 0.2) is 57.9 Å². The zero-order chi connectivity index (χ0) is 16.0. The Hall–Kier alpha value is -3.08. The van der Waals surface area contributed by atoms with Crippen molar-refractivity contribution in [3.8, 4) is 5.75 Å². The lowest BCUT2D eigenvalue weighted by Gasteiger charge is -2.14. The maximum atomic E-state index is 12.3. The average molecular weight is 305 g/mol. The van der Waals surface area contributed by atoms with Gasteiger partial charge in [0.1, 0.15) is 23.6 Å². The lowest BCUT2D eigenvalue weighted by Crippen LogP contribution is -2.27. The molecule has 0 saturated carbocycles. The SMILES string of the molecule is [11CH3]N1C(=O)CN=C(c2cccc(O)c2)c2oc3ccccc3c21. The number of hydrogen-bond donors (Lipinski definition) is 1. The molecular formula is C18H14N2O3. The summed E-state index contributed by atoms with van der Waals surface area (Å²) < 4.78 is 5.99. The van der Waals surface area contributed by atoms with Gasteiger partial charge >= 0.3 is 0 Å². The van der Waals surface area contributed by atoms with Gasteiger partial charge in [-0.05, 0) is 24.3 Å². The molecule has 0 unspecified atom stereocenters. The van der Waals surface area contributed by atoms with E-state index >= 15 is 0 Å². The molecule has 2 heterocycles. The van der Waals surface area contributed by atoms with Crippen LogP contribution in [0.1, 0.15) is 11.3 Å². The summed E-state index contributed by atoms with van der Waals surface area (Å²) in [5.74, 6) is 0.588. The van der Waals surface area contributed by atoms with Crippen molar-refractivity contribution in [2.45, 2.75) is 0 Å². The summed E-state index contributed by atoms with van der Waals surface area (Å²) in [7, 11) is 1.73. The van der Waals surface area contributed by atoms with Gasteiger partial charge < -0.3 is 14.4 Å². The molecule has 23 heavy (non-hydrogen) atoms. The Morgan fingerprint density at radius 2 is 2.00 bits per heavy atom. The van der Waals surface area contributed by atoms with Crippen molar-refractivity contribution in [1.29, 1.82) is 0 Å². The number of furan rings is 1. The molecule has 1 amide bonds. The Balaban J connectivity index is 2.02. The Labute approximate surface area is 132 Å². The predicted molar refractivity (Wildman–Crippen MR) is 88.2 cm³/mol. The maximum absolute atomic E-state index is 12.3. The number of fused-ring (bicyclic) bond motifs is 3. The summed E-state index contributed by atoms with van der Waals surface area (Å²) in [5, 5.41) is 10.6. The van der Waals surface area contributed by atoms with E-state index in [4.69, 9.17) is 4.42 Å². The van der Waals surface area contributed by atoms with Gasteiger partial charge in [0.05, 0.1) is 5.69 Å². The molecule has 0 bridgehead atoms. The number of phenols is 1. The second-order valence-electron chi connectivity index (χ2n) is 5.44. The first-order chi connectivity index (χ1) is 11.1. The number of carbonyl (C=O) groups excluding carboxylic acids is 1. The number of anilines is 1. The molecule has 5 nitrogen and oxygen atoms in total. The quantitative estimate of drug-likeness (QED) is 0.751. The smallest absolute Gasteiger partial charge is 0.248 e. The van der Waals surface area contributed by atoms with Crippen molar-refractivity contribution in [3.05, 3.63) is 59.9 Å². The van der Waals surface area contributed by atoms with Crippen molar-refractivity contribution < 1.29 is 14.3 Å². The van der Waals surface area contributed by atoms with Gasteiger partial charge in [-0.2, -0.15) is 0 Å². The predicted octanol–water partition coefficient (Wildman–Crippen LogP) is 2.95. The second kappa shape index (κ2) is 4.98. The van der Waals surface area contributed by atoms with Gasteiger partial charge in [-0.3, -0.25) is 9.79 Å². The Morgan fingerprint density at radius 1 is 1.17 bits per heavy atom. The largest absolute Gasteiger partial charge is 0.508 e. The van der Waals surface area contributed by atoms with Crippen LogP contribution in [0.2, 0.25) is 0 Å². The van der Waals surface area contributed by atoms with Crippen LogP contribution in [-0.4, -0.2) is 30.3 Å². The van der Waals surface area contributed by atoms with Gasteiger partial charge in [0.2, 0.25) is 5.91 Å². The molecule has 0 fully saturated rings. The van der Waals surface area contributed by atoms with Crippen LogP contribution >= 0.6 is 0 Å². The molecule has 1 aliphatic rings. The Kier molecular flexibility index (Phi) is 2.94. The van der Waals surface area contributed by atoms with Crippen LogP contribution in [0.25, 0.3) is 11.0 Å². The Morgan fingerprint density at radius 3 is 2.83 bits per heavy atom. The van der Waals surface area contributed by atoms with E-state index in [0.717, 1.165) is 5.39 Å². The highest BCUT2D eigenvalue weighted by atomic mass is 16.3. The maximum Gasteiger partial charge on any atom is 0.248 e. The van der Waals surface area contributed by atoms with Crippen LogP contribution in [0.3, 0.4) is 0 Å². The van der Waals surface area contributed by atoms with E-state index in [1.54, 1.807) is 30.1 Å². The molecule has 0 radical (unpaired) electrons. The molecule has 1 N–H and O–H groups in total. The van der Waals surface area contributed by atoms with Gasteiger partial charge in [-0.25, -0.2) is 0 Å². The van der Waals surface area contributed by atoms with Crippen LogP contribution in [0.5, 0.6) is 5.75 Å². The van der Waals surface area contributed by atoms with Crippen LogP contribution < -0.4 is 4.90 Å². The van der Waals surface area contributed by atoms with Crippen molar-refractivity contribution in [2.75, 3.05) is 18.5 Å². The third-order valence-corrected chi connectivity index (χ3v) is 3.99. The van der Waals surface area contributed by atoms with E-state index in [9.17, 15) is 9.90 Å². The highest BCUT2D eigenvalue weighted by molar-refractivity contribution is 6.22. The number of benzene rings is 2. The molecule has 3 aromatic rings. The van der Waals surface area contributed by atoms with Crippen molar-refractivity contribution in [1.82, 2.24) is 0 Å². The number of rotatable bonds is 1. The summed E-state index contributed by atoms with van der Waals surface area (Å²) in [6.45, 7) is 0.0417. The molecule has 1 aromatic heterocycles. The minimum absolute atomic E-state index is 0.0417. The summed E-state index contributed by atoms with van der Waals surface area (Å²) in [6.07, 6.45) is 0. The lowest BCUT2D eigenvalue weighted by molar-refractivity contribution is -0.116. The van der Waals surface area contributed by atoms with E-state index in [1.807, 2.05) is 30.3 Å². The summed E-state index contributed by atoms with van der Waals surface area (Å²) in [4.78, 5) is 18.3. The topological polar surface area (TPSA) is 66.0 Å². The zero-order valence-corrected chi connectivity index (χ0v) is 12.5. The number of para-hydroxylation sites is 1. The van der Waals surface area contributed by atoms with Gasteiger partial charge in [0.25, 0.3) is 0 Å². The summed E-state index contributed by atoms with van der Waals surface area (Å²) >= 11 is 0. The second-order valence-corrected chi connectivity index (χ2v) is 5.44. The number of nitrogens with zero attached hydrogens (tertiary/aromatic N) is 2. The van der Waals surface area contributed by atoms with Crippen LogP contribution in [-0.2, 0) is 4.79 Å². The third-order valence-electron chi connectivity index (χ3n) is 3.99. The molecule has 0 atom stereocenters. The normalized spacial score (nSPS) is 14.6. The van der Waals surface area contributed by atoms with Crippen molar-refractivity contribution >= 4 is 28.3 Å². The highest BCUT2D eigenvalue weighted by Crippen LogP contribution is 2.36. The average Bonchev–Trinajstić information content (AvgIpc) is 2.88. The number of phenolic OH excluding ortho intramolecular Hbond substituents is 1. The zero-order valence-electron chi connectivity index (χ0n) is 12.5. The highest BCUT2D eigenvalue weighted by Gasteiger charge is 2.28. The number of hydrogen-bond acceptors (Lipinski definition) is 4. The van der Waals surface area contributed by atoms with Crippen LogP contribution in [0.4, 0.5) is 5.69 Å². The molecule has 1 aliphatic heterocycles.